The van der Waals surface area contributed by atoms with E-state index in [0.29, 0.717) is 12.5 Å². The van der Waals surface area contributed by atoms with Crippen LogP contribution in [0, 0.1) is 5.92 Å². The molecule has 3 rings (SSSR count). The highest BCUT2D eigenvalue weighted by molar-refractivity contribution is 5.14. The van der Waals surface area contributed by atoms with Crippen molar-refractivity contribution in [2.45, 2.75) is 32.5 Å². The lowest BCUT2D eigenvalue weighted by molar-refractivity contribution is 0.0306. The number of likely N-dealkylation sites (tertiary alicyclic amines) is 1. The third-order valence-corrected chi connectivity index (χ3v) is 4.09. The molecule has 2 heterocycles. The summed E-state index contributed by atoms with van der Waals surface area (Å²) in [7, 11) is 0. The van der Waals surface area contributed by atoms with Gasteiger partial charge in [0.25, 0.3) is 0 Å². The summed E-state index contributed by atoms with van der Waals surface area (Å²) < 4.78 is 1.85. The van der Waals surface area contributed by atoms with Gasteiger partial charge in [0.05, 0.1) is 19.2 Å². The Kier molecular flexibility index (Phi) is 4.26. The number of hydrogen-bond acceptors (Lipinski definition) is 5. The number of piperidine rings is 1. The van der Waals surface area contributed by atoms with Crippen LogP contribution < -0.4 is 0 Å². The van der Waals surface area contributed by atoms with Crippen molar-refractivity contribution in [1.82, 2.24) is 25.1 Å². The van der Waals surface area contributed by atoms with Gasteiger partial charge in [0, 0.05) is 13.1 Å². The van der Waals surface area contributed by atoms with Crippen LogP contribution in [-0.4, -0.2) is 49.4 Å². The molecule has 0 bridgehead atoms. The largest absolute Gasteiger partial charge is 0.393 e. The average molecular weight is 287 g/mol. The zero-order valence-corrected chi connectivity index (χ0v) is 12.3. The highest BCUT2D eigenvalue weighted by atomic mass is 16.3. The van der Waals surface area contributed by atoms with Crippen LogP contribution >= 0.6 is 0 Å². The molecule has 2 aromatic rings. The van der Waals surface area contributed by atoms with E-state index in [1.54, 1.807) is 0 Å². The predicted molar refractivity (Wildman–Crippen MR) is 78.4 cm³/mol. The Balaban J connectivity index is 1.66. The fourth-order valence-corrected chi connectivity index (χ4v) is 2.78. The maximum absolute atomic E-state index is 9.80. The molecule has 2 atom stereocenters. The molecule has 0 spiro atoms. The summed E-state index contributed by atoms with van der Waals surface area (Å²) in [4.78, 5) is 2.31. The van der Waals surface area contributed by atoms with Crippen LogP contribution in [0.4, 0.5) is 0 Å². The Hall–Kier alpha value is -1.79. The third-order valence-electron chi connectivity index (χ3n) is 4.09. The first-order chi connectivity index (χ1) is 10.2. The first kappa shape index (κ1) is 14.2. The summed E-state index contributed by atoms with van der Waals surface area (Å²) in [5.74, 6) is 1.18. The van der Waals surface area contributed by atoms with E-state index in [1.807, 2.05) is 22.9 Å². The van der Waals surface area contributed by atoms with E-state index in [1.165, 1.54) is 5.56 Å². The lowest BCUT2D eigenvalue weighted by Crippen LogP contribution is -2.41. The molecule has 0 radical (unpaired) electrons. The van der Waals surface area contributed by atoms with Crippen LogP contribution in [0.25, 0.3) is 0 Å². The number of aromatic nitrogens is 4. The highest BCUT2D eigenvalue weighted by Gasteiger charge is 2.25. The Morgan fingerprint density at radius 2 is 2.05 bits per heavy atom. The molecule has 6 heteroatoms. The maximum Gasteiger partial charge on any atom is 0.165 e. The van der Waals surface area contributed by atoms with Gasteiger partial charge in [0.1, 0.15) is 0 Å². The third kappa shape index (κ3) is 3.46. The lowest BCUT2D eigenvalue weighted by Gasteiger charge is -2.33. The quantitative estimate of drug-likeness (QED) is 0.906. The molecule has 2 unspecified atom stereocenters. The van der Waals surface area contributed by atoms with Crippen LogP contribution in [0.1, 0.15) is 24.7 Å². The smallest absolute Gasteiger partial charge is 0.165 e. The predicted octanol–water partition coefficient (Wildman–Crippen LogP) is 0.924. The molecular formula is C15H21N5O. The van der Waals surface area contributed by atoms with E-state index >= 15 is 0 Å². The average Bonchev–Trinajstić information content (AvgIpc) is 2.91. The summed E-state index contributed by atoms with van der Waals surface area (Å²) in [6.07, 6.45) is 0.642. The van der Waals surface area contributed by atoms with E-state index in [4.69, 9.17) is 0 Å². The highest BCUT2D eigenvalue weighted by Crippen LogP contribution is 2.18. The monoisotopic (exact) mass is 287 g/mol. The SMILES string of the molecule is CC1CN(Cc2nnnn2Cc2ccccc2)CCC1O. The zero-order chi connectivity index (χ0) is 14.7. The van der Waals surface area contributed by atoms with Crippen molar-refractivity contribution >= 4 is 0 Å². The Morgan fingerprint density at radius 1 is 1.24 bits per heavy atom. The van der Waals surface area contributed by atoms with Crippen molar-refractivity contribution < 1.29 is 5.11 Å². The van der Waals surface area contributed by atoms with Crippen molar-refractivity contribution in [2.75, 3.05) is 13.1 Å². The number of hydrogen-bond donors (Lipinski definition) is 1. The minimum atomic E-state index is -0.179. The molecule has 0 aliphatic carbocycles. The second-order valence-corrected chi connectivity index (χ2v) is 5.81. The fourth-order valence-electron chi connectivity index (χ4n) is 2.78. The van der Waals surface area contributed by atoms with Gasteiger partial charge in [0.15, 0.2) is 5.82 Å². The molecule has 21 heavy (non-hydrogen) atoms. The van der Waals surface area contributed by atoms with E-state index in [0.717, 1.165) is 31.9 Å². The molecule has 1 aromatic heterocycles. The maximum atomic E-state index is 9.80. The number of benzene rings is 1. The Bertz CT molecular complexity index is 570. The first-order valence-electron chi connectivity index (χ1n) is 7.42. The van der Waals surface area contributed by atoms with Crippen LogP contribution in [0.3, 0.4) is 0 Å². The van der Waals surface area contributed by atoms with Crippen LogP contribution in [0.5, 0.6) is 0 Å². The number of aliphatic hydroxyl groups is 1. The molecule has 1 aromatic carbocycles. The van der Waals surface area contributed by atoms with Crippen LogP contribution in [0.15, 0.2) is 30.3 Å². The minimum absolute atomic E-state index is 0.179. The molecule has 1 saturated heterocycles. The first-order valence-corrected chi connectivity index (χ1v) is 7.42. The van der Waals surface area contributed by atoms with Gasteiger partial charge in [0.2, 0.25) is 0 Å². The number of tetrazole rings is 1. The second kappa shape index (κ2) is 6.32. The zero-order valence-electron chi connectivity index (χ0n) is 12.3. The van der Waals surface area contributed by atoms with Crippen molar-refractivity contribution in [3.8, 4) is 0 Å². The molecule has 0 amide bonds. The Morgan fingerprint density at radius 3 is 2.81 bits per heavy atom. The standard InChI is InChI=1S/C15H21N5O/c1-12-9-19(8-7-14(12)21)11-15-16-17-18-20(15)10-13-5-3-2-4-6-13/h2-6,12,14,21H,7-11H2,1H3. The van der Waals surface area contributed by atoms with Gasteiger partial charge in [-0.15, -0.1) is 5.10 Å². The number of rotatable bonds is 4. The summed E-state index contributed by atoms with van der Waals surface area (Å²) in [5.41, 5.74) is 1.19. The molecule has 1 aliphatic heterocycles. The summed E-state index contributed by atoms with van der Waals surface area (Å²) in [6.45, 7) is 5.29. The number of aliphatic hydroxyl groups excluding tert-OH is 1. The lowest BCUT2D eigenvalue weighted by atomic mass is 9.97. The van der Waals surface area contributed by atoms with Gasteiger partial charge in [-0.1, -0.05) is 37.3 Å². The van der Waals surface area contributed by atoms with Gasteiger partial charge in [-0.2, -0.15) is 0 Å². The summed E-state index contributed by atoms with van der Waals surface area (Å²) >= 11 is 0. The van der Waals surface area contributed by atoms with Crippen LogP contribution in [-0.2, 0) is 13.1 Å². The van der Waals surface area contributed by atoms with E-state index in [-0.39, 0.29) is 6.10 Å². The molecule has 6 nitrogen and oxygen atoms in total. The second-order valence-electron chi connectivity index (χ2n) is 5.81. The van der Waals surface area contributed by atoms with Crippen molar-refractivity contribution in [1.29, 1.82) is 0 Å². The molecule has 1 N–H and O–H groups in total. The Labute approximate surface area is 124 Å². The van der Waals surface area contributed by atoms with E-state index in [9.17, 15) is 5.11 Å². The van der Waals surface area contributed by atoms with Gasteiger partial charge in [-0.3, -0.25) is 4.90 Å². The van der Waals surface area contributed by atoms with Crippen molar-refractivity contribution in [2.24, 2.45) is 5.92 Å². The summed E-state index contributed by atoms with van der Waals surface area (Å²) in [6, 6.07) is 10.2. The van der Waals surface area contributed by atoms with Crippen molar-refractivity contribution in [3.63, 3.8) is 0 Å². The molecule has 1 aliphatic rings. The van der Waals surface area contributed by atoms with Gasteiger partial charge < -0.3 is 5.11 Å². The number of nitrogens with zero attached hydrogens (tertiary/aromatic N) is 5. The fraction of sp³-hybridized carbons (Fsp3) is 0.533. The molecular weight excluding hydrogens is 266 g/mol. The van der Waals surface area contributed by atoms with Gasteiger partial charge in [-0.25, -0.2) is 4.68 Å². The normalized spacial score (nSPS) is 23.3. The molecule has 112 valence electrons. The minimum Gasteiger partial charge on any atom is -0.393 e. The van der Waals surface area contributed by atoms with Gasteiger partial charge in [-0.05, 0) is 28.3 Å². The summed E-state index contributed by atoms with van der Waals surface area (Å²) in [5, 5.41) is 21.8. The molecule has 0 saturated carbocycles. The van der Waals surface area contributed by atoms with Crippen molar-refractivity contribution in [3.05, 3.63) is 41.7 Å². The topological polar surface area (TPSA) is 67.1 Å². The molecule has 1 fully saturated rings. The van der Waals surface area contributed by atoms with E-state index < -0.39 is 0 Å². The van der Waals surface area contributed by atoms with Crippen LogP contribution in [0.2, 0.25) is 0 Å². The van der Waals surface area contributed by atoms with E-state index in [2.05, 4.69) is 39.5 Å². The van der Waals surface area contributed by atoms with Gasteiger partial charge >= 0.3 is 0 Å².